The summed E-state index contributed by atoms with van der Waals surface area (Å²) in [6, 6.07) is 18.3. The van der Waals surface area contributed by atoms with E-state index in [9.17, 15) is 9.59 Å². The van der Waals surface area contributed by atoms with E-state index in [-0.39, 0.29) is 19.2 Å². The first-order chi connectivity index (χ1) is 24.3. The van der Waals surface area contributed by atoms with E-state index in [0.29, 0.717) is 131 Å². The minimum Gasteiger partial charge on any atom is -0.460 e. The van der Waals surface area contributed by atoms with Gasteiger partial charge in [-0.1, -0.05) is 48.5 Å². The minimum atomic E-state index is -0.473. The maximum Gasteiger partial charge on any atom is 0.407 e. The molecule has 276 valence electrons. The Morgan fingerprint density at radius 1 is 0.408 bits per heavy atom. The summed E-state index contributed by atoms with van der Waals surface area (Å²) in [7, 11) is 0. The molecule has 49 heavy (non-hydrogen) atoms. The van der Waals surface area contributed by atoms with Crippen molar-refractivity contribution in [1.82, 2.24) is 5.32 Å². The lowest BCUT2D eigenvalue weighted by Crippen LogP contribution is -2.28. The highest BCUT2D eigenvalue weighted by atomic mass is 16.6. The molecule has 14 nitrogen and oxygen atoms in total. The second-order valence-corrected chi connectivity index (χ2v) is 10.0. The molecule has 0 aliphatic rings. The number of nitrogens with one attached hydrogen (secondary N) is 1. The Labute approximate surface area is 289 Å². The normalized spacial score (nSPS) is 11.0. The van der Waals surface area contributed by atoms with Crippen LogP contribution in [-0.4, -0.2) is 144 Å². The number of ether oxygens (including phenoxy) is 11. The second-order valence-electron chi connectivity index (χ2n) is 10.0. The Bertz CT molecular complexity index is 1030. The Balaban J connectivity index is 1.16. The summed E-state index contributed by atoms with van der Waals surface area (Å²) in [5, 5.41) is 2.64. The third kappa shape index (κ3) is 26.4. The van der Waals surface area contributed by atoms with Crippen LogP contribution in [0.3, 0.4) is 0 Å². The summed E-state index contributed by atoms with van der Waals surface area (Å²) in [5.41, 5.74) is 1.46. The molecule has 2 rings (SSSR count). The van der Waals surface area contributed by atoms with Gasteiger partial charge < -0.3 is 57.4 Å². The molecule has 0 saturated heterocycles. The summed E-state index contributed by atoms with van der Waals surface area (Å²) >= 11 is 0. The number of carbonyl (C=O) groups is 2. The summed E-state index contributed by atoms with van der Waals surface area (Å²) in [6.07, 6.45) is -0.473. The highest BCUT2D eigenvalue weighted by Gasteiger charge is 2.05. The number of hydrogen-bond acceptors (Lipinski definition) is 13. The third-order valence-corrected chi connectivity index (χ3v) is 6.17. The van der Waals surface area contributed by atoms with Crippen LogP contribution >= 0.6 is 0 Å². The van der Waals surface area contributed by atoms with E-state index in [1.807, 2.05) is 36.4 Å². The number of benzene rings is 2. The summed E-state index contributed by atoms with van der Waals surface area (Å²) < 4.78 is 59.3. The van der Waals surface area contributed by atoms with Crippen LogP contribution in [0.2, 0.25) is 0 Å². The van der Waals surface area contributed by atoms with Gasteiger partial charge in [-0.05, 0) is 17.7 Å². The Kier molecular flexibility index (Phi) is 27.5. The van der Waals surface area contributed by atoms with Crippen LogP contribution in [-0.2, 0) is 58.7 Å². The molecule has 0 saturated carbocycles. The Morgan fingerprint density at radius 3 is 1.16 bits per heavy atom. The van der Waals surface area contributed by atoms with Crippen LogP contribution in [0.25, 0.3) is 0 Å². The summed E-state index contributed by atoms with van der Waals surface area (Å²) in [6.45, 7) is 8.88. The Morgan fingerprint density at radius 2 is 0.755 bits per heavy atom. The highest BCUT2D eigenvalue weighted by molar-refractivity contribution is 5.89. The van der Waals surface area contributed by atoms with Crippen molar-refractivity contribution in [2.24, 2.45) is 0 Å². The molecule has 0 spiro atoms. The van der Waals surface area contributed by atoms with Crippen LogP contribution in [0.1, 0.15) is 15.9 Å². The zero-order chi connectivity index (χ0) is 34.7. The minimum absolute atomic E-state index is 0.196. The van der Waals surface area contributed by atoms with Crippen LogP contribution in [0.5, 0.6) is 0 Å². The zero-order valence-corrected chi connectivity index (χ0v) is 28.4. The van der Waals surface area contributed by atoms with Crippen molar-refractivity contribution in [3.63, 3.8) is 0 Å². The van der Waals surface area contributed by atoms with E-state index >= 15 is 0 Å². The quantitative estimate of drug-likeness (QED) is 0.0863. The average Bonchev–Trinajstić information content (AvgIpc) is 3.13. The molecule has 0 aliphatic carbocycles. The van der Waals surface area contributed by atoms with Crippen LogP contribution in [0.4, 0.5) is 4.79 Å². The van der Waals surface area contributed by atoms with E-state index in [4.69, 9.17) is 52.1 Å². The molecule has 0 aliphatic heterocycles. The van der Waals surface area contributed by atoms with Crippen LogP contribution in [0.15, 0.2) is 60.7 Å². The van der Waals surface area contributed by atoms with Gasteiger partial charge in [-0.2, -0.15) is 0 Å². The fourth-order valence-corrected chi connectivity index (χ4v) is 3.71. The van der Waals surface area contributed by atoms with Gasteiger partial charge in [0.15, 0.2) is 0 Å². The predicted molar refractivity (Wildman–Crippen MR) is 179 cm³/mol. The van der Waals surface area contributed by atoms with Crippen molar-refractivity contribution in [1.29, 1.82) is 0 Å². The largest absolute Gasteiger partial charge is 0.460 e. The molecule has 1 amide bonds. The van der Waals surface area contributed by atoms with E-state index in [0.717, 1.165) is 5.56 Å². The van der Waals surface area contributed by atoms with Crippen LogP contribution < -0.4 is 5.32 Å². The lowest BCUT2D eigenvalue weighted by molar-refractivity contribution is -0.0258. The first-order valence-electron chi connectivity index (χ1n) is 16.6. The van der Waals surface area contributed by atoms with Crippen molar-refractivity contribution in [3.8, 4) is 0 Å². The lowest BCUT2D eigenvalue weighted by Gasteiger charge is -2.09. The van der Waals surface area contributed by atoms with Crippen molar-refractivity contribution in [2.75, 3.05) is 132 Å². The molecule has 1 N–H and O–H groups in total. The number of carbonyl (C=O) groups excluding carboxylic acids is 2. The van der Waals surface area contributed by atoms with Crippen molar-refractivity contribution >= 4 is 12.1 Å². The van der Waals surface area contributed by atoms with Gasteiger partial charge in [0.2, 0.25) is 0 Å². The first kappa shape index (κ1) is 42.0. The first-order valence-corrected chi connectivity index (χ1v) is 16.6. The molecule has 0 radical (unpaired) electrons. The maximum absolute atomic E-state index is 11.8. The topological polar surface area (TPSA) is 148 Å². The van der Waals surface area contributed by atoms with Gasteiger partial charge in [-0.3, -0.25) is 0 Å². The maximum atomic E-state index is 11.8. The van der Waals surface area contributed by atoms with E-state index in [1.54, 1.807) is 24.3 Å². The zero-order valence-electron chi connectivity index (χ0n) is 28.4. The molecular formula is C35H53NO13. The van der Waals surface area contributed by atoms with Gasteiger partial charge >= 0.3 is 12.1 Å². The molecule has 0 heterocycles. The molecule has 2 aromatic rings. The molecule has 2 aromatic carbocycles. The average molecular weight is 696 g/mol. The predicted octanol–water partition coefficient (Wildman–Crippen LogP) is 2.92. The molecular weight excluding hydrogens is 642 g/mol. The number of rotatable bonds is 33. The van der Waals surface area contributed by atoms with Gasteiger partial charge in [-0.15, -0.1) is 0 Å². The number of amides is 1. The van der Waals surface area contributed by atoms with Crippen molar-refractivity contribution in [2.45, 2.75) is 6.61 Å². The number of hydrogen-bond donors (Lipinski definition) is 1. The number of esters is 1. The van der Waals surface area contributed by atoms with Crippen LogP contribution in [0, 0.1) is 0 Å². The van der Waals surface area contributed by atoms with E-state index in [1.165, 1.54) is 0 Å². The molecule has 0 unspecified atom stereocenters. The fraction of sp³-hybridized carbons (Fsp3) is 0.600. The van der Waals surface area contributed by atoms with Gasteiger partial charge in [-0.25, -0.2) is 9.59 Å². The summed E-state index contributed by atoms with van der Waals surface area (Å²) in [5.74, 6) is -0.361. The fourth-order valence-electron chi connectivity index (χ4n) is 3.71. The summed E-state index contributed by atoms with van der Waals surface area (Å²) in [4.78, 5) is 23.4. The lowest BCUT2D eigenvalue weighted by atomic mass is 10.2. The smallest absolute Gasteiger partial charge is 0.407 e. The van der Waals surface area contributed by atoms with Gasteiger partial charge in [0.05, 0.1) is 124 Å². The Hall–Kier alpha value is -3.18. The molecule has 0 aromatic heterocycles. The monoisotopic (exact) mass is 695 g/mol. The number of alkyl carbamates (subject to hydrolysis) is 1. The van der Waals surface area contributed by atoms with Gasteiger partial charge in [0.25, 0.3) is 0 Å². The van der Waals surface area contributed by atoms with Crippen molar-refractivity contribution in [3.05, 3.63) is 71.8 Å². The highest BCUT2D eigenvalue weighted by Crippen LogP contribution is 2.01. The molecule has 0 atom stereocenters. The third-order valence-electron chi connectivity index (χ3n) is 6.17. The molecule has 0 bridgehead atoms. The van der Waals surface area contributed by atoms with Gasteiger partial charge in [0.1, 0.15) is 13.2 Å². The molecule has 14 heteroatoms. The van der Waals surface area contributed by atoms with E-state index < -0.39 is 6.09 Å². The van der Waals surface area contributed by atoms with Gasteiger partial charge in [0, 0.05) is 6.54 Å². The molecule has 0 fully saturated rings. The standard InChI is InChI=1S/C35H53NO13/c37-34(33-9-5-2-6-10-33)48-30-29-47-28-27-46-26-25-45-24-23-44-22-21-43-20-19-42-18-17-41-16-15-40-14-13-39-12-11-36-35(38)49-31-32-7-3-1-4-8-32/h1-10H,11-31H2,(H,36,38). The van der Waals surface area contributed by atoms with E-state index in [2.05, 4.69) is 5.32 Å². The van der Waals surface area contributed by atoms with Crippen molar-refractivity contribution < 1.29 is 61.7 Å². The second kappa shape index (κ2) is 32.0. The SMILES string of the molecule is O=C(NCCOCCOCCOCCOCCOCCOCCOCCOCCOCCOC(=O)c1ccccc1)OCc1ccccc1.